The van der Waals surface area contributed by atoms with E-state index in [-0.39, 0.29) is 37.1 Å². The van der Waals surface area contributed by atoms with Crippen LogP contribution in [0.3, 0.4) is 0 Å². The average molecular weight is 803 g/mol. The maximum absolute atomic E-state index is 12.6. The fraction of sp³-hybridized carbons (Fsp3) is 0.176. The smallest absolute Gasteiger partial charge is 0.481 e. The summed E-state index contributed by atoms with van der Waals surface area (Å²) in [6, 6.07) is 20.3. The van der Waals surface area contributed by atoms with Gasteiger partial charge >= 0.3 is 23.0 Å². The lowest BCUT2D eigenvalue weighted by Gasteiger charge is -2.11. The molecule has 0 aromatic heterocycles. The van der Waals surface area contributed by atoms with E-state index in [9.17, 15) is 62.4 Å². The Kier molecular flexibility index (Phi) is 13.7. The van der Waals surface area contributed by atoms with E-state index >= 15 is 0 Å². The molecule has 0 saturated heterocycles. The van der Waals surface area contributed by atoms with Crippen LogP contribution in [0.4, 0.5) is 37.7 Å². The quantitative estimate of drug-likeness (QED) is 0.131. The number of carboxylic acid groups (broad SMARTS) is 2. The first-order valence-electron chi connectivity index (χ1n) is 15.0. The number of anilines is 2. The summed E-state index contributed by atoms with van der Waals surface area (Å²) < 4.78 is 121. The number of aliphatic carboxylic acids is 2. The zero-order valence-corrected chi connectivity index (χ0v) is 28.9. The molecular weight excluding hydrogens is 775 g/mol. The summed E-state index contributed by atoms with van der Waals surface area (Å²) in [6.07, 6.45) is -0.890. The molecule has 4 aromatic rings. The Morgan fingerprint density at radius 1 is 0.500 bits per heavy atom. The molecule has 4 aromatic carbocycles. The summed E-state index contributed by atoms with van der Waals surface area (Å²) in [7, 11) is -11.0. The standard InChI is InChI=1S/2C17H14F3NO5S/c18-17(19,20)27(25,26)14-6-2-5-13(10-14)21-15(22)8-11-3-1-4-12(7-11)9-16(23)24;18-17(19,20)27(25,26)14-7-3-6-13(10-14)21-15(22)8-11-4-1-2-5-12(11)9-16(23)24/h2*1-7,10H,8-9H2,(H,21,22)(H,23,24). The fourth-order valence-corrected chi connectivity index (χ4v) is 6.22. The van der Waals surface area contributed by atoms with Crippen molar-refractivity contribution in [1.82, 2.24) is 0 Å². The van der Waals surface area contributed by atoms with Crippen LogP contribution in [0.1, 0.15) is 22.3 Å². The molecule has 288 valence electrons. The van der Waals surface area contributed by atoms with Crippen LogP contribution in [0.25, 0.3) is 0 Å². The SMILES string of the molecule is O=C(O)Cc1cccc(CC(=O)Nc2cccc(S(=O)(=O)C(F)(F)F)c2)c1.O=C(O)Cc1ccccc1CC(=O)Nc1cccc(S(=O)(=O)C(F)(F)F)c1. The highest BCUT2D eigenvalue weighted by molar-refractivity contribution is 7.92. The number of halogens is 6. The molecule has 0 unspecified atom stereocenters. The molecule has 54 heavy (non-hydrogen) atoms. The molecule has 2 amide bonds. The van der Waals surface area contributed by atoms with Crippen LogP contribution in [0.5, 0.6) is 0 Å². The first-order valence-corrected chi connectivity index (χ1v) is 18.0. The zero-order chi connectivity index (χ0) is 40.5. The lowest BCUT2D eigenvalue weighted by molar-refractivity contribution is -0.137. The highest BCUT2D eigenvalue weighted by Gasteiger charge is 2.47. The molecule has 0 saturated carbocycles. The number of carbonyl (C=O) groups excluding carboxylic acids is 2. The van der Waals surface area contributed by atoms with Gasteiger partial charge in [-0.25, -0.2) is 16.8 Å². The van der Waals surface area contributed by atoms with Crippen molar-refractivity contribution >= 4 is 54.8 Å². The summed E-state index contributed by atoms with van der Waals surface area (Å²) in [5.41, 5.74) is -9.26. The normalized spacial score (nSPS) is 11.8. The minimum atomic E-state index is -5.53. The van der Waals surface area contributed by atoms with Crippen molar-refractivity contribution in [2.24, 2.45) is 0 Å². The van der Waals surface area contributed by atoms with E-state index in [0.29, 0.717) is 28.3 Å². The van der Waals surface area contributed by atoms with E-state index in [1.54, 1.807) is 42.5 Å². The minimum Gasteiger partial charge on any atom is -0.481 e. The van der Waals surface area contributed by atoms with Crippen LogP contribution in [-0.4, -0.2) is 61.8 Å². The van der Waals surface area contributed by atoms with Gasteiger partial charge in [-0.1, -0.05) is 60.7 Å². The highest BCUT2D eigenvalue weighted by atomic mass is 32.2. The van der Waals surface area contributed by atoms with Gasteiger partial charge in [0.1, 0.15) is 0 Å². The third kappa shape index (κ3) is 11.9. The van der Waals surface area contributed by atoms with E-state index in [4.69, 9.17) is 10.2 Å². The molecule has 0 atom stereocenters. The predicted octanol–water partition coefficient (Wildman–Crippen LogP) is 5.58. The van der Waals surface area contributed by atoms with E-state index in [1.807, 2.05) is 0 Å². The molecule has 4 N–H and O–H groups in total. The molecule has 0 aliphatic rings. The number of amides is 2. The van der Waals surface area contributed by atoms with Crippen LogP contribution < -0.4 is 10.6 Å². The summed E-state index contributed by atoms with van der Waals surface area (Å²) in [5.74, 6) is -3.33. The van der Waals surface area contributed by atoms with Gasteiger partial charge in [-0.05, 0) is 58.7 Å². The molecule has 0 spiro atoms. The van der Waals surface area contributed by atoms with Gasteiger partial charge in [-0.3, -0.25) is 19.2 Å². The zero-order valence-electron chi connectivity index (χ0n) is 27.3. The van der Waals surface area contributed by atoms with E-state index in [1.165, 1.54) is 18.2 Å². The maximum Gasteiger partial charge on any atom is 0.501 e. The molecule has 0 bridgehead atoms. The number of carboxylic acids is 2. The Balaban J connectivity index is 0.000000290. The molecule has 12 nitrogen and oxygen atoms in total. The topological polar surface area (TPSA) is 201 Å². The number of benzene rings is 4. The Morgan fingerprint density at radius 2 is 0.889 bits per heavy atom. The molecule has 0 aliphatic carbocycles. The molecule has 0 radical (unpaired) electrons. The maximum atomic E-state index is 12.6. The molecule has 0 fully saturated rings. The largest absolute Gasteiger partial charge is 0.501 e. The van der Waals surface area contributed by atoms with Gasteiger partial charge in [0, 0.05) is 11.4 Å². The first kappa shape index (κ1) is 42.7. The van der Waals surface area contributed by atoms with Crippen molar-refractivity contribution in [3.63, 3.8) is 0 Å². The number of alkyl halides is 6. The lowest BCUT2D eigenvalue weighted by Crippen LogP contribution is -2.23. The monoisotopic (exact) mass is 802 g/mol. The Labute approximate surface area is 303 Å². The van der Waals surface area contributed by atoms with Gasteiger partial charge in [-0.15, -0.1) is 0 Å². The summed E-state index contributed by atoms with van der Waals surface area (Å²) in [4.78, 5) is 43.8. The molecule has 0 heterocycles. The van der Waals surface area contributed by atoms with Crippen LogP contribution in [0.2, 0.25) is 0 Å². The number of sulfone groups is 2. The van der Waals surface area contributed by atoms with Crippen molar-refractivity contribution in [3.05, 3.63) is 119 Å². The predicted molar refractivity (Wildman–Crippen MR) is 180 cm³/mol. The van der Waals surface area contributed by atoms with Crippen LogP contribution in [0, 0.1) is 0 Å². The van der Waals surface area contributed by atoms with Crippen molar-refractivity contribution < 1.29 is 72.6 Å². The number of carbonyl (C=O) groups is 4. The second kappa shape index (κ2) is 17.4. The van der Waals surface area contributed by atoms with Gasteiger partial charge < -0.3 is 20.8 Å². The van der Waals surface area contributed by atoms with Crippen LogP contribution in [-0.2, 0) is 64.5 Å². The summed E-state index contributed by atoms with van der Waals surface area (Å²) in [6.45, 7) is 0. The number of nitrogens with one attached hydrogen (secondary N) is 2. The minimum absolute atomic E-state index is 0.105. The van der Waals surface area contributed by atoms with Gasteiger partial charge in [0.25, 0.3) is 19.7 Å². The molecular formula is C34H28F6N2O10S2. The van der Waals surface area contributed by atoms with Crippen molar-refractivity contribution in [1.29, 1.82) is 0 Å². The Hall–Kier alpha value is -5.76. The average Bonchev–Trinajstić information content (AvgIpc) is 3.05. The Morgan fingerprint density at radius 3 is 1.31 bits per heavy atom. The van der Waals surface area contributed by atoms with Crippen molar-refractivity contribution in [2.75, 3.05) is 10.6 Å². The first-order chi connectivity index (χ1) is 25.0. The molecule has 4 rings (SSSR count). The summed E-state index contributed by atoms with van der Waals surface area (Å²) in [5, 5.41) is 22.3. The van der Waals surface area contributed by atoms with Crippen molar-refractivity contribution in [2.45, 2.75) is 46.5 Å². The van der Waals surface area contributed by atoms with E-state index in [0.717, 1.165) is 30.3 Å². The van der Waals surface area contributed by atoms with Gasteiger partial charge in [0.2, 0.25) is 11.8 Å². The van der Waals surface area contributed by atoms with E-state index in [2.05, 4.69) is 10.6 Å². The molecule has 0 aliphatic heterocycles. The lowest BCUT2D eigenvalue weighted by atomic mass is 10.0. The second-order valence-corrected chi connectivity index (χ2v) is 15.0. The third-order valence-electron chi connectivity index (χ3n) is 6.99. The fourth-order valence-electron chi connectivity index (χ4n) is 4.61. The number of hydrogen-bond acceptors (Lipinski definition) is 8. The van der Waals surface area contributed by atoms with Crippen molar-refractivity contribution in [3.8, 4) is 0 Å². The second-order valence-electron chi connectivity index (χ2n) is 11.1. The Bertz CT molecular complexity index is 2260. The highest BCUT2D eigenvalue weighted by Crippen LogP contribution is 2.32. The van der Waals surface area contributed by atoms with Gasteiger partial charge in [0.15, 0.2) is 0 Å². The number of hydrogen-bond donors (Lipinski definition) is 4. The number of rotatable bonds is 12. The van der Waals surface area contributed by atoms with Gasteiger partial charge in [0.05, 0.1) is 35.5 Å². The third-order valence-corrected chi connectivity index (χ3v) is 9.96. The van der Waals surface area contributed by atoms with E-state index < -0.39 is 64.2 Å². The molecule has 20 heteroatoms. The summed E-state index contributed by atoms with van der Waals surface area (Å²) >= 11 is 0. The van der Waals surface area contributed by atoms with Gasteiger partial charge in [-0.2, -0.15) is 26.3 Å². The van der Waals surface area contributed by atoms with Crippen LogP contribution >= 0.6 is 0 Å². The van der Waals surface area contributed by atoms with Crippen LogP contribution in [0.15, 0.2) is 107 Å².